The summed E-state index contributed by atoms with van der Waals surface area (Å²) < 4.78 is 5.48. The van der Waals surface area contributed by atoms with Gasteiger partial charge in [0, 0.05) is 25.6 Å². The SMILES string of the molecule is CCOC1CC(CC(=O)NC2CCNC2)C1. The first kappa shape index (κ1) is 11.9. The van der Waals surface area contributed by atoms with E-state index in [1.807, 2.05) is 6.92 Å². The monoisotopic (exact) mass is 226 g/mol. The van der Waals surface area contributed by atoms with Gasteiger partial charge >= 0.3 is 0 Å². The lowest BCUT2D eigenvalue weighted by Crippen LogP contribution is -2.40. The van der Waals surface area contributed by atoms with Gasteiger partial charge in [-0.1, -0.05) is 0 Å². The molecular weight excluding hydrogens is 204 g/mol. The van der Waals surface area contributed by atoms with Gasteiger partial charge in [0.2, 0.25) is 5.91 Å². The van der Waals surface area contributed by atoms with Crippen molar-refractivity contribution < 1.29 is 9.53 Å². The lowest BCUT2D eigenvalue weighted by atomic mass is 9.80. The molecule has 1 atom stereocenters. The summed E-state index contributed by atoms with van der Waals surface area (Å²) in [6.07, 6.45) is 4.28. The Kier molecular flexibility index (Phi) is 4.18. The molecule has 2 aliphatic rings. The molecule has 4 heteroatoms. The van der Waals surface area contributed by atoms with Crippen LogP contribution in [-0.4, -0.2) is 37.7 Å². The second kappa shape index (κ2) is 5.64. The number of rotatable bonds is 5. The Balaban J connectivity index is 1.58. The molecule has 1 saturated carbocycles. The Morgan fingerprint density at radius 2 is 2.31 bits per heavy atom. The third-order valence-electron chi connectivity index (χ3n) is 3.49. The van der Waals surface area contributed by atoms with Crippen molar-refractivity contribution in [2.24, 2.45) is 5.92 Å². The molecule has 0 radical (unpaired) electrons. The van der Waals surface area contributed by atoms with E-state index in [0.717, 1.165) is 39.0 Å². The van der Waals surface area contributed by atoms with Crippen molar-refractivity contribution in [3.8, 4) is 0 Å². The predicted molar refractivity (Wildman–Crippen MR) is 62.2 cm³/mol. The van der Waals surface area contributed by atoms with Crippen molar-refractivity contribution >= 4 is 5.91 Å². The maximum Gasteiger partial charge on any atom is 0.220 e. The fourth-order valence-corrected chi connectivity index (χ4v) is 2.54. The highest BCUT2D eigenvalue weighted by molar-refractivity contribution is 5.76. The van der Waals surface area contributed by atoms with Crippen molar-refractivity contribution in [2.75, 3.05) is 19.7 Å². The number of amides is 1. The van der Waals surface area contributed by atoms with E-state index in [0.29, 0.717) is 24.5 Å². The van der Waals surface area contributed by atoms with E-state index < -0.39 is 0 Å². The topological polar surface area (TPSA) is 50.4 Å². The minimum absolute atomic E-state index is 0.216. The van der Waals surface area contributed by atoms with E-state index in [1.54, 1.807) is 0 Å². The molecule has 4 nitrogen and oxygen atoms in total. The van der Waals surface area contributed by atoms with Crippen LogP contribution < -0.4 is 10.6 Å². The molecule has 0 bridgehead atoms. The van der Waals surface area contributed by atoms with E-state index in [-0.39, 0.29) is 5.91 Å². The highest BCUT2D eigenvalue weighted by Gasteiger charge is 2.31. The number of hydrogen-bond acceptors (Lipinski definition) is 3. The molecule has 2 rings (SSSR count). The van der Waals surface area contributed by atoms with Crippen LogP contribution in [0.5, 0.6) is 0 Å². The maximum atomic E-state index is 11.7. The van der Waals surface area contributed by atoms with Gasteiger partial charge in [-0.15, -0.1) is 0 Å². The highest BCUT2D eigenvalue weighted by Crippen LogP contribution is 2.32. The second-order valence-electron chi connectivity index (χ2n) is 4.88. The lowest BCUT2D eigenvalue weighted by molar-refractivity contribution is -0.124. The number of ether oxygens (including phenoxy) is 1. The van der Waals surface area contributed by atoms with Crippen LogP contribution in [0.2, 0.25) is 0 Å². The summed E-state index contributed by atoms with van der Waals surface area (Å²) in [4.78, 5) is 11.7. The molecule has 1 amide bonds. The molecular formula is C12H22N2O2. The predicted octanol–water partition coefficient (Wildman–Crippen LogP) is 0.670. The standard InChI is InChI=1S/C12H22N2O2/c1-2-16-11-5-9(6-11)7-12(15)14-10-3-4-13-8-10/h9-11,13H,2-8H2,1H3,(H,14,15). The van der Waals surface area contributed by atoms with Crippen LogP contribution in [0, 0.1) is 5.92 Å². The van der Waals surface area contributed by atoms with Crippen molar-refractivity contribution in [3.63, 3.8) is 0 Å². The summed E-state index contributed by atoms with van der Waals surface area (Å²) in [7, 11) is 0. The Morgan fingerprint density at radius 3 is 2.94 bits per heavy atom. The molecule has 0 spiro atoms. The Morgan fingerprint density at radius 1 is 1.50 bits per heavy atom. The number of nitrogens with one attached hydrogen (secondary N) is 2. The Labute approximate surface area is 97.1 Å². The van der Waals surface area contributed by atoms with Gasteiger partial charge in [0.25, 0.3) is 0 Å². The van der Waals surface area contributed by atoms with Gasteiger partial charge in [-0.25, -0.2) is 0 Å². The summed E-state index contributed by atoms with van der Waals surface area (Å²) in [5.74, 6) is 0.763. The van der Waals surface area contributed by atoms with Crippen LogP contribution in [0.4, 0.5) is 0 Å². The van der Waals surface area contributed by atoms with Gasteiger partial charge < -0.3 is 15.4 Å². The zero-order chi connectivity index (χ0) is 11.4. The van der Waals surface area contributed by atoms with Crippen LogP contribution >= 0.6 is 0 Å². The fraction of sp³-hybridized carbons (Fsp3) is 0.917. The first-order chi connectivity index (χ1) is 7.78. The van der Waals surface area contributed by atoms with Crippen LogP contribution in [0.15, 0.2) is 0 Å². The smallest absolute Gasteiger partial charge is 0.220 e. The molecule has 1 unspecified atom stereocenters. The average Bonchev–Trinajstić information content (AvgIpc) is 2.67. The number of hydrogen-bond donors (Lipinski definition) is 2. The van der Waals surface area contributed by atoms with Crippen molar-refractivity contribution in [1.82, 2.24) is 10.6 Å². The molecule has 2 N–H and O–H groups in total. The van der Waals surface area contributed by atoms with Gasteiger partial charge in [-0.05, 0) is 38.6 Å². The Bertz CT molecular complexity index is 233. The second-order valence-corrected chi connectivity index (χ2v) is 4.88. The normalized spacial score (nSPS) is 33.4. The van der Waals surface area contributed by atoms with Gasteiger partial charge in [-0.3, -0.25) is 4.79 Å². The molecule has 0 aromatic heterocycles. The van der Waals surface area contributed by atoms with E-state index in [4.69, 9.17) is 4.74 Å². The minimum Gasteiger partial charge on any atom is -0.378 e. The molecule has 0 aromatic rings. The fourth-order valence-electron chi connectivity index (χ4n) is 2.54. The summed E-state index contributed by atoms with van der Waals surface area (Å²) in [5, 5.41) is 6.33. The lowest BCUT2D eigenvalue weighted by Gasteiger charge is -2.34. The maximum absolute atomic E-state index is 11.7. The van der Waals surface area contributed by atoms with Gasteiger partial charge in [0.05, 0.1) is 6.10 Å². The van der Waals surface area contributed by atoms with Crippen molar-refractivity contribution in [3.05, 3.63) is 0 Å². The summed E-state index contributed by atoms with van der Waals surface area (Å²) in [6.45, 7) is 4.77. The van der Waals surface area contributed by atoms with Crippen molar-refractivity contribution in [2.45, 2.75) is 44.8 Å². The van der Waals surface area contributed by atoms with E-state index >= 15 is 0 Å². The van der Waals surface area contributed by atoms with Gasteiger partial charge in [0.1, 0.15) is 0 Å². The highest BCUT2D eigenvalue weighted by atomic mass is 16.5. The van der Waals surface area contributed by atoms with E-state index in [1.165, 1.54) is 0 Å². The van der Waals surface area contributed by atoms with Crippen LogP contribution in [0.3, 0.4) is 0 Å². The van der Waals surface area contributed by atoms with E-state index in [2.05, 4.69) is 10.6 Å². The Hall–Kier alpha value is -0.610. The first-order valence-corrected chi connectivity index (χ1v) is 6.39. The van der Waals surface area contributed by atoms with E-state index in [9.17, 15) is 4.79 Å². The zero-order valence-corrected chi connectivity index (χ0v) is 10.00. The van der Waals surface area contributed by atoms with Crippen LogP contribution in [0.1, 0.15) is 32.6 Å². The summed E-state index contributed by atoms with van der Waals surface area (Å²) in [6, 6.07) is 0.357. The largest absolute Gasteiger partial charge is 0.378 e. The molecule has 1 aliphatic heterocycles. The first-order valence-electron chi connectivity index (χ1n) is 6.39. The molecule has 2 fully saturated rings. The third-order valence-corrected chi connectivity index (χ3v) is 3.49. The molecule has 16 heavy (non-hydrogen) atoms. The van der Waals surface area contributed by atoms with Crippen LogP contribution in [0.25, 0.3) is 0 Å². The molecule has 92 valence electrons. The zero-order valence-electron chi connectivity index (χ0n) is 10.00. The van der Waals surface area contributed by atoms with Gasteiger partial charge in [-0.2, -0.15) is 0 Å². The molecule has 1 heterocycles. The quantitative estimate of drug-likeness (QED) is 0.724. The van der Waals surface area contributed by atoms with Crippen LogP contribution in [-0.2, 0) is 9.53 Å². The number of carbonyl (C=O) groups excluding carboxylic acids is 1. The number of carbonyl (C=O) groups is 1. The van der Waals surface area contributed by atoms with Gasteiger partial charge in [0.15, 0.2) is 0 Å². The molecule has 0 aromatic carbocycles. The summed E-state index contributed by atoms with van der Waals surface area (Å²) in [5.41, 5.74) is 0. The molecule has 1 saturated heterocycles. The molecule has 1 aliphatic carbocycles. The average molecular weight is 226 g/mol. The van der Waals surface area contributed by atoms with Crippen molar-refractivity contribution in [1.29, 1.82) is 0 Å². The minimum atomic E-state index is 0.216. The third kappa shape index (κ3) is 3.19. The summed E-state index contributed by atoms with van der Waals surface area (Å²) >= 11 is 0.